The first kappa shape index (κ1) is 18.6. The van der Waals surface area contributed by atoms with E-state index in [2.05, 4.69) is 137 Å². The number of benzene rings is 4. The van der Waals surface area contributed by atoms with Gasteiger partial charge in [0.25, 0.3) is 0 Å². The van der Waals surface area contributed by atoms with E-state index in [1.165, 1.54) is 31.5 Å². The molecule has 0 spiro atoms. The molecule has 1 unspecified atom stereocenters. The van der Waals surface area contributed by atoms with Crippen LogP contribution in [0.2, 0.25) is 0 Å². The molecule has 0 saturated carbocycles. The van der Waals surface area contributed by atoms with Gasteiger partial charge in [-0.15, -0.1) is 0 Å². The van der Waals surface area contributed by atoms with E-state index < -0.39 is 7.26 Å². The first-order chi connectivity index (χ1) is 14.3. The molecule has 1 atom stereocenters. The zero-order valence-electron chi connectivity index (χ0n) is 16.0. The van der Waals surface area contributed by atoms with Gasteiger partial charge in [-0.05, 0) is 0 Å². The zero-order valence-corrected chi connectivity index (χ0v) is 18.6. The van der Waals surface area contributed by atoms with E-state index in [1.54, 1.807) is 0 Å². The second-order valence-electron chi connectivity index (χ2n) is 7.49. The van der Waals surface area contributed by atoms with Crippen LogP contribution in [0.5, 0.6) is 0 Å². The molecule has 0 N–H and O–H groups in total. The molecule has 0 amide bonds. The molecule has 0 nitrogen and oxygen atoms in total. The van der Waals surface area contributed by atoms with Crippen molar-refractivity contribution in [1.82, 2.24) is 0 Å². The molecule has 5 rings (SSSR count). The fourth-order valence-corrected chi connectivity index (χ4v) is 10.7. The summed E-state index contributed by atoms with van der Waals surface area (Å²) in [5, 5.41) is 4.33. The number of fused-ring (bicyclic) bond motifs is 1. The van der Waals surface area contributed by atoms with E-state index in [0.717, 1.165) is 0 Å². The third-order valence-electron chi connectivity index (χ3n) is 6.03. The van der Waals surface area contributed by atoms with E-state index in [1.807, 2.05) is 0 Å². The van der Waals surface area contributed by atoms with Crippen molar-refractivity contribution in [3.8, 4) is 0 Å². The predicted octanol–water partition coefficient (Wildman–Crippen LogP) is 6.24. The molecule has 29 heavy (non-hydrogen) atoms. The molecule has 2 heteroatoms. The monoisotopic (exact) mass is 456 g/mol. The number of hydrogen-bond donors (Lipinski definition) is 0. The molecule has 1 aliphatic carbocycles. The van der Waals surface area contributed by atoms with Gasteiger partial charge in [0.15, 0.2) is 0 Å². The molecule has 0 heterocycles. The summed E-state index contributed by atoms with van der Waals surface area (Å²) < 4.78 is 1.17. The van der Waals surface area contributed by atoms with E-state index in [4.69, 9.17) is 0 Å². The summed E-state index contributed by atoms with van der Waals surface area (Å²) in [6.07, 6.45) is 4.75. The van der Waals surface area contributed by atoms with E-state index in [-0.39, 0.29) is 0 Å². The molecule has 142 valence electrons. The van der Waals surface area contributed by atoms with Crippen LogP contribution < -0.4 is 15.9 Å². The Kier molecular flexibility index (Phi) is 4.96. The van der Waals surface area contributed by atoms with Crippen molar-refractivity contribution >= 4 is 45.2 Å². The van der Waals surface area contributed by atoms with E-state index >= 15 is 0 Å². The van der Waals surface area contributed by atoms with Crippen LogP contribution in [0.15, 0.2) is 120 Å². The van der Waals surface area contributed by atoms with Gasteiger partial charge in [0.2, 0.25) is 0 Å². The van der Waals surface area contributed by atoms with Gasteiger partial charge in [-0.1, -0.05) is 0 Å². The van der Waals surface area contributed by atoms with Crippen LogP contribution in [0.3, 0.4) is 0 Å². The standard InChI is InChI=1S/C27H22BrP/c28-26-18-10-17-25-24(26)19-20-27(25)29(21-11-4-1-5-12-21,22-13-6-2-7-14-22)23-15-8-3-9-16-23/h1-20,27,29H. The Bertz CT molecular complexity index is 1050. The van der Waals surface area contributed by atoms with Crippen molar-refractivity contribution in [3.05, 3.63) is 131 Å². The van der Waals surface area contributed by atoms with Crippen LogP contribution in [-0.2, 0) is 0 Å². The summed E-state index contributed by atoms with van der Waals surface area (Å²) in [6.45, 7) is 0. The normalized spacial score (nSPS) is 15.8. The SMILES string of the molecule is Brc1cccc2c1C=CC2[PH](c1ccccc1)(c1ccccc1)c1ccccc1. The second kappa shape index (κ2) is 7.75. The fourth-order valence-electron chi connectivity index (χ4n) is 4.82. The molecule has 0 aliphatic heterocycles. The van der Waals surface area contributed by atoms with Crippen molar-refractivity contribution in [2.75, 3.05) is 0 Å². The summed E-state index contributed by atoms with van der Waals surface area (Å²) >= 11 is 3.77. The Morgan fingerprint density at radius 1 is 0.552 bits per heavy atom. The topological polar surface area (TPSA) is 0 Å². The van der Waals surface area contributed by atoms with Gasteiger partial charge < -0.3 is 0 Å². The molecule has 1 aliphatic rings. The van der Waals surface area contributed by atoms with Gasteiger partial charge in [-0.25, -0.2) is 0 Å². The van der Waals surface area contributed by atoms with Crippen molar-refractivity contribution in [3.63, 3.8) is 0 Å². The summed E-state index contributed by atoms with van der Waals surface area (Å²) in [7, 11) is -2.37. The van der Waals surface area contributed by atoms with Crippen LogP contribution in [0, 0.1) is 0 Å². The van der Waals surface area contributed by atoms with Crippen molar-refractivity contribution in [2.45, 2.75) is 5.66 Å². The summed E-state index contributed by atoms with van der Waals surface area (Å²) in [6, 6.07) is 40.1. The Morgan fingerprint density at radius 3 is 1.52 bits per heavy atom. The molecule has 0 radical (unpaired) electrons. The predicted molar refractivity (Wildman–Crippen MR) is 132 cm³/mol. The van der Waals surface area contributed by atoms with E-state index in [9.17, 15) is 0 Å². The molecule has 0 saturated heterocycles. The Balaban J connectivity index is 1.88. The van der Waals surface area contributed by atoms with Gasteiger partial charge in [-0.2, -0.15) is 0 Å². The van der Waals surface area contributed by atoms with Crippen molar-refractivity contribution < 1.29 is 0 Å². The van der Waals surface area contributed by atoms with Crippen molar-refractivity contribution in [1.29, 1.82) is 0 Å². The maximum atomic E-state index is 3.77. The molecule has 0 aromatic heterocycles. The van der Waals surface area contributed by atoms with Crippen LogP contribution in [0.1, 0.15) is 16.8 Å². The number of rotatable bonds is 4. The molecule has 4 aromatic carbocycles. The fraction of sp³-hybridized carbons (Fsp3) is 0.0370. The van der Waals surface area contributed by atoms with Crippen LogP contribution >= 0.6 is 23.2 Å². The number of allylic oxidation sites excluding steroid dienone is 1. The van der Waals surface area contributed by atoms with Gasteiger partial charge in [0, 0.05) is 0 Å². The van der Waals surface area contributed by atoms with Crippen molar-refractivity contribution in [2.24, 2.45) is 0 Å². The molecular weight excluding hydrogens is 435 g/mol. The maximum absolute atomic E-state index is 3.77. The van der Waals surface area contributed by atoms with Gasteiger partial charge >= 0.3 is 182 Å². The third-order valence-corrected chi connectivity index (χ3v) is 11.9. The Hall–Kier alpha value is -2.47. The van der Waals surface area contributed by atoms with Crippen LogP contribution in [-0.4, -0.2) is 0 Å². The molecule has 4 aromatic rings. The van der Waals surface area contributed by atoms with Crippen LogP contribution in [0.25, 0.3) is 6.08 Å². The average molecular weight is 457 g/mol. The Morgan fingerprint density at radius 2 is 1.03 bits per heavy atom. The second-order valence-corrected chi connectivity index (χ2v) is 12.3. The van der Waals surface area contributed by atoms with Crippen LogP contribution in [0.4, 0.5) is 0 Å². The average Bonchev–Trinajstić information content (AvgIpc) is 3.23. The quantitative estimate of drug-likeness (QED) is 0.318. The summed E-state index contributed by atoms with van der Waals surface area (Å²) in [5.41, 5.74) is 3.07. The Labute approximate surface area is 181 Å². The summed E-state index contributed by atoms with van der Waals surface area (Å²) in [5.74, 6) is 0. The molecule has 0 bridgehead atoms. The number of halogens is 1. The zero-order chi connectivity index (χ0) is 19.7. The molecule has 0 fully saturated rings. The van der Waals surface area contributed by atoms with Gasteiger partial charge in [0.1, 0.15) is 0 Å². The number of hydrogen-bond acceptors (Lipinski definition) is 0. The van der Waals surface area contributed by atoms with Gasteiger partial charge in [-0.3, -0.25) is 0 Å². The molecular formula is C27H22BrP. The van der Waals surface area contributed by atoms with E-state index in [0.29, 0.717) is 5.66 Å². The summed E-state index contributed by atoms with van der Waals surface area (Å²) in [4.78, 5) is 0. The minimum absolute atomic E-state index is 0.335. The first-order valence-corrected chi connectivity index (χ1v) is 12.8. The van der Waals surface area contributed by atoms with Gasteiger partial charge in [0.05, 0.1) is 0 Å². The third kappa shape index (κ3) is 3.01. The minimum atomic E-state index is -2.37. The first-order valence-electron chi connectivity index (χ1n) is 9.95.